The first kappa shape index (κ1) is 17.9. The van der Waals surface area contributed by atoms with Crippen LogP contribution in [0.2, 0.25) is 0 Å². The highest BCUT2D eigenvalue weighted by molar-refractivity contribution is 5.95. The molecule has 0 bridgehead atoms. The Kier molecular flexibility index (Phi) is 4.34. The standard InChI is InChI=1S/C23H24N4O2/c1-16-21(27-10-6-5-9-20(27)24-16)23(29)26-13-11-25(12-14-26)22(28)19-15-18(19)17-7-3-2-4-8-17/h2-10,18-19H,11-15H2,1H3. The van der Waals surface area contributed by atoms with Gasteiger partial charge in [0.2, 0.25) is 5.91 Å². The molecule has 1 aliphatic carbocycles. The molecule has 2 unspecified atom stereocenters. The fraction of sp³-hybridized carbons (Fsp3) is 0.348. The van der Waals surface area contributed by atoms with E-state index in [9.17, 15) is 9.59 Å². The van der Waals surface area contributed by atoms with Gasteiger partial charge in [0, 0.05) is 38.3 Å². The number of carbonyl (C=O) groups is 2. The molecule has 6 heteroatoms. The molecule has 0 radical (unpaired) electrons. The number of fused-ring (bicyclic) bond motifs is 1. The van der Waals surface area contributed by atoms with E-state index in [1.165, 1.54) is 5.56 Å². The number of hydrogen-bond donors (Lipinski definition) is 0. The topological polar surface area (TPSA) is 57.9 Å². The maximum Gasteiger partial charge on any atom is 0.272 e. The quantitative estimate of drug-likeness (QED) is 0.693. The highest BCUT2D eigenvalue weighted by Gasteiger charge is 2.46. The number of imidazole rings is 1. The monoisotopic (exact) mass is 388 g/mol. The van der Waals surface area contributed by atoms with Gasteiger partial charge in [-0.05, 0) is 37.0 Å². The number of hydrogen-bond acceptors (Lipinski definition) is 3. The van der Waals surface area contributed by atoms with E-state index < -0.39 is 0 Å². The largest absolute Gasteiger partial charge is 0.339 e. The lowest BCUT2D eigenvalue weighted by atomic mass is 10.1. The van der Waals surface area contributed by atoms with Crippen molar-refractivity contribution in [3.8, 4) is 0 Å². The molecule has 6 nitrogen and oxygen atoms in total. The van der Waals surface area contributed by atoms with Crippen LogP contribution in [-0.4, -0.2) is 57.2 Å². The number of aryl methyl sites for hydroxylation is 1. The van der Waals surface area contributed by atoms with Crippen LogP contribution < -0.4 is 0 Å². The van der Waals surface area contributed by atoms with E-state index in [1.54, 1.807) is 0 Å². The fourth-order valence-corrected chi connectivity index (χ4v) is 4.42. The van der Waals surface area contributed by atoms with Crippen LogP contribution in [0.25, 0.3) is 5.65 Å². The summed E-state index contributed by atoms with van der Waals surface area (Å²) in [7, 11) is 0. The second-order valence-electron chi connectivity index (χ2n) is 7.95. The molecule has 5 rings (SSSR count). The van der Waals surface area contributed by atoms with Gasteiger partial charge in [0.15, 0.2) is 0 Å². The average molecular weight is 388 g/mol. The van der Waals surface area contributed by atoms with Gasteiger partial charge in [0.05, 0.1) is 5.69 Å². The average Bonchev–Trinajstić information content (AvgIpc) is 3.49. The second-order valence-corrected chi connectivity index (χ2v) is 7.95. The van der Waals surface area contributed by atoms with E-state index in [0.29, 0.717) is 37.8 Å². The Morgan fingerprint density at radius 2 is 1.62 bits per heavy atom. The highest BCUT2D eigenvalue weighted by Crippen LogP contribution is 2.48. The third-order valence-electron chi connectivity index (χ3n) is 6.12. The Labute approximate surface area is 169 Å². The number of carbonyl (C=O) groups excluding carboxylic acids is 2. The molecule has 0 spiro atoms. The normalized spacial score (nSPS) is 21.4. The number of nitrogens with zero attached hydrogens (tertiary/aromatic N) is 4. The van der Waals surface area contributed by atoms with Gasteiger partial charge in [0.25, 0.3) is 5.91 Å². The molecule has 1 saturated carbocycles. The summed E-state index contributed by atoms with van der Waals surface area (Å²) in [6.45, 7) is 4.19. The number of piperazine rings is 1. The van der Waals surface area contributed by atoms with Gasteiger partial charge < -0.3 is 9.80 Å². The first-order chi connectivity index (χ1) is 14.1. The molecular weight excluding hydrogens is 364 g/mol. The lowest BCUT2D eigenvalue weighted by Crippen LogP contribution is -2.51. The minimum atomic E-state index is -0.0121. The Bertz CT molecular complexity index is 1070. The maximum atomic E-state index is 13.1. The van der Waals surface area contributed by atoms with Gasteiger partial charge >= 0.3 is 0 Å². The van der Waals surface area contributed by atoms with Crippen LogP contribution in [-0.2, 0) is 4.79 Å². The summed E-state index contributed by atoms with van der Waals surface area (Å²) in [5.74, 6) is 0.670. The Morgan fingerprint density at radius 1 is 0.931 bits per heavy atom. The Hall–Kier alpha value is -3.15. The Morgan fingerprint density at radius 3 is 2.38 bits per heavy atom. The third-order valence-corrected chi connectivity index (χ3v) is 6.12. The molecule has 2 atom stereocenters. The van der Waals surface area contributed by atoms with Gasteiger partial charge in [0.1, 0.15) is 11.3 Å². The van der Waals surface area contributed by atoms with Crippen molar-refractivity contribution in [2.45, 2.75) is 19.3 Å². The molecule has 2 amide bonds. The summed E-state index contributed by atoms with van der Waals surface area (Å²) in [6, 6.07) is 16.0. The van der Waals surface area contributed by atoms with Crippen molar-refractivity contribution >= 4 is 17.5 Å². The summed E-state index contributed by atoms with van der Waals surface area (Å²) in [4.78, 5) is 34.3. The van der Waals surface area contributed by atoms with Gasteiger partial charge in [-0.2, -0.15) is 0 Å². The van der Waals surface area contributed by atoms with Crippen molar-refractivity contribution < 1.29 is 9.59 Å². The van der Waals surface area contributed by atoms with Crippen LogP contribution in [0.1, 0.15) is 34.1 Å². The van der Waals surface area contributed by atoms with Gasteiger partial charge in [-0.25, -0.2) is 4.98 Å². The number of benzene rings is 1. The predicted octanol–water partition coefficient (Wildman–Crippen LogP) is 2.73. The third kappa shape index (κ3) is 3.18. The molecule has 2 aliphatic rings. The predicted molar refractivity (Wildman–Crippen MR) is 110 cm³/mol. The van der Waals surface area contributed by atoms with Crippen LogP contribution in [0, 0.1) is 12.8 Å². The van der Waals surface area contributed by atoms with Gasteiger partial charge in [-0.1, -0.05) is 36.4 Å². The Balaban J connectivity index is 1.23. The first-order valence-electron chi connectivity index (χ1n) is 10.2. The van der Waals surface area contributed by atoms with Crippen LogP contribution in [0.5, 0.6) is 0 Å². The van der Waals surface area contributed by atoms with E-state index in [0.717, 1.165) is 17.8 Å². The van der Waals surface area contributed by atoms with E-state index in [2.05, 4.69) is 17.1 Å². The first-order valence-corrected chi connectivity index (χ1v) is 10.2. The zero-order valence-electron chi connectivity index (χ0n) is 16.5. The minimum absolute atomic E-state index is 0.0121. The van der Waals surface area contributed by atoms with Crippen LogP contribution >= 0.6 is 0 Å². The summed E-state index contributed by atoms with van der Waals surface area (Å²) < 4.78 is 1.85. The number of amides is 2. The summed E-state index contributed by atoms with van der Waals surface area (Å²) >= 11 is 0. The van der Waals surface area contributed by atoms with Gasteiger partial charge in [-0.3, -0.25) is 14.0 Å². The molecule has 3 aromatic rings. The molecule has 1 saturated heterocycles. The van der Waals surface area contributed by atoms with Crippen molar-refractivity contribution in [1.29, 1.82) is 0 Å². The zero-order chi connectivity index (χ0) is 20.0. The number of aromatic nitrogens is 2. The smallest absolute Gasteiger partial charge is 0.272 e. The lowest BCUT2D eigenvalue weighted by Gasteiger charge is -2.35. The van der Waals surface area contributed by atoms with Crippen LogP contribution in [0.3, 0.4) is 0 Å². The SMILES string of the molecule is Cc1nc2ccccn2c1C(=O)N1CCN(C(=O)C2CC2c2ccccc2)CC1. The maximum absolute atomic E-state index is 13.1. The summed E-state index contributed by atoms with van der Waals surface area (Å²) in [6.07, 6.45) is 2.81. The van der Waals surface area contributed by atoms with E-state index in [-0.39, 0.29) is 17.7 Å². The van der Waals surface area contributed by atoms with E-state index in [1.807, 2.05) is 63.7 Å². The molecule has 2 fully saturated rings. The van der Waals surface area contributed by atoms with Crippen molar-refractivity contribution in [3.05, 3.63) is 71.7 Å². The van der Waals surface area contributed by atoms with Crippen LogP contribution in [0.15, 0.2) is 54.7 Å². The van der Waals surface area contributed by atoms with Crippen molar-refractivity contribution in [1.82, 2.24) is 19.2 Å². The molecule has 1 aliphatic heterocycles. The van der Waals surface area contributed by atoms with Gasteiger partial charge in [-0.15, -0.1) is 0 Å². The molecule has 2 aromatic heterocycles. The van der Waals surface area contributed by atoms with Crippen molar-refractivity contribution in [3.63, 3.8) is 0 Å². The summed E-state index contributed by atoms with van der Waals surface area (Å²) in [5, 5.41) is 0. The van der Waals surface area contributed by atoms with E-state index >= 15 is 0 Å². The lowest BCUT2D eigenvalue weighted by molar-refractivity contribution is -0.134. The highest BCUT2D eigenvalue weighted by atomic mass is 16.2. The molecule has 148 valence electrons. The van der Waals surface area contributed by atoms with Crippen LogP contribution in [0.4, 0.5) is 0 Å². The molecule has 1 aromatic carbocycles. The minimum Gasteiger partial charge on any atom is -0.339 e. The fourth-order valence-electron chi connectivity index (χ4n) is 4.42. The molecule has 29 heavy (non-hydrogen) atoms. The van der Waals surface area contributed by atoms with Crippen molar-refractivity contribution in [2.75, 3.05) is 26.2 Å². The molecule has 3 heterocycles. The van der Waals surface area contributed by atoms with Crippen molar-refractivity contribution in [2.24, 2.45) is 5.92 Å². The molecule has 0 N–H and O–H groups in total. The number of rotatable bonds is 3. The number of pyridine rings is 1. The summed E-state index contributed by atoms with van der Waals surface area (Å²) in [5.41, 5.74) is 3.39. The zero-order valence-corrected chi connectivity index (χ0v) is 16.5. The second kappa shape index (κ2) is 7.03. The molecular formula is C23H24N4O2. The van der Waals surface area contributed by atoms with E-state index in [4.69, 9.17) is 0 Å².